The Morgan fingerprint density at radius 2 is 0.507 bits per heavy atom. The predicted octanol–water partition coefficient (Wildman–Crippen LogP) is 20.8. The maximum atomic E-state index is 12.9. The van der Waals surface area contributed by atoms with Gasteiger partial charge in [-0.1, -0.05) is 268 Å². The van der Waals surface area contributed by atoms with Gasteiger partial charge in [-0.3, -0.25) is 14.4 Å². The Hall–Kier alpha value is -2.89. The van der Waals surface area contributed by atoms with Crippen molar-refractivity contribution < 1.29 is 28.6 Å². The van der Waals surface area contributed by atoms with Gasteiger partial charge in [-0.15, -0.1) is 0 Å². The quantitative estimate of drug-likeness (QED) is 0.0261. The van der Waals surface area contributed by atoms with Gasteiger partial charge < -0.3 is 14.2 Å². The molecule has 0 aromatic carbocycles. The molecule has 412 valence electrons. The second-order valence-corrected chi connectivity index (χ2v) is 20.6. The number of unbranched alkanes of at least 4 members (excludes halogenated alkanes) is 35. The Bertz CT molecular complexity index is 1280. The van der Waals surface area contributed by atoms with Crippen LogP contribution in [0, 0.1) is 0 Å². The first-order chi connectivity index (χ1) is 35.0. The van der Waals surface area contributed by atoms with Gasteiger partial charge in [0.25, 0.3) is 0 Å². The first-order valence-electron chi connectivity index (χ1n) is 30.8. The van der Waals surface area contributed by atoms with Crippen LogP contribution in [0.5, 0.6) is 0 Å². The Kier molecular flexibility index (Phi) is 57.2. The van der Waals surface area contributed by atoms with Crippen molar-refractivity contribution in [3.8, 4) is 0 Å². The zero-order valence-electron chi connectivity index (χ0n) is 47.2. The lowest BCUT2D eigenvalue weighted by Crippen LogP contribution is -2.30. The lowest BCUT2D eigenvalue weighted by molar-refractivity contribution is -0.167. The van der Waals surface area contributed by atoms with Crippen LogP contribution in [0.4, 0.5) is 0 Å². The molecule has 0 amide bonds. The van der Waals surface area contributed by atoms with Crippen LogP contribution < -0.4 is 0 Å². The largest absolute Gasteiger partial charge is 0.462 e. The third kappa shape index (κ3) is 57.9. The monoisotopic (exact) mass is 993 g/mol. The lowest BCUT2D eigenvalue weighted by atomic mass is 10.0. The summed E-state index contributed by atoms with van der Waals surface area (Å²) in [5.41, 5.74) is 0. The van der Waals surface area contributed by atoms with Crippen molar-refractivity contribution in [3.05, 3.63) is 60.8 Å². The number of esters is 3. The maximum Gasteiger partial charge on any atom is 0.306 e. The molecule has 0 aliphatic heterocycles. The summed E-state index contributed by atoms with van der Waals surface area (Å²) in [4.78, 5) is 38.2. The van der Waals surface area contributed by atoms with Crippen LogP contribution >= 0.6 is 0 Å². The molecule has 0 saturated heterocycles. The first-order valence-corrected chi connectivity index (χ1v) is 30.8. The first kappa shape index (κ1) is 68.1. The highest BCUT2D eigenvalue weighted by atomic mass is 16.6. The maximum absolute atomic E-state index is 12.9. The molecule has 0 rings (SSSR count). The summed E-state index contributed by atoms with van der Waals surface area (Å²) in [6.45, 7) is 6.59. The number of ether oxygens (including phenoxy) is 3. The molecule has 1 atom stereocenters. The van der Waals surface area contributed by atoms with Crippen molar-refractivity contribution in [1.29, 1.82) is 0 Å². The molecule has 0 aliphatic rings. The Morgan fingerprint density at radius 3 is 0.845 bits per heavy atom. The van der Waals surface area contributed by atoms with Crippen molar-refractivity contribution in [2.24, 2.45) is 0 Å². The Labute approximate surface area is 440 Å². The van der Waals surface area contributed by atoms with Gasteiger partial charge in [0.05, 0.1) is 0 Å². The number of carbonyl (C=O) groups excluding carboxylic acids is 3. The van der Waals surface area contributed by atoms with E-state index in [1.165, 1.54) is 199 Å². The van der Waals surface area contributed by atoms with Gasteiger partial charge >= 0.3 is 17.9 Å². The highest BCUT2D eigenvalue weighted by Crippen LogP contribution is 2.17. The molecule has 6 nitrogen and oxygen atoms in total. The summed E-state index contributed by atoms with van der Waals surface area (Å²) < 4.78 is 16.9. The fourth-order valence-corrected chi connectivity index (χ4v) is 8.83. The number of allylic oxidation sites excluding steroid dienone is 10. The summed E-state index contributed by atoms with van der Waals surface area (Å²) in [6, 6.07) is 0. The van der Waals surface area contributed by atoms with Crippen molar-refractivity contribution in [3.63, 3.8) is 0 Å². The zero-order chi connectivity index (χ0) is 51.4. The molecule has 0 N–H and O–H groups in total. The SMILES string of the molecule is CCCCC/C=C\C/C=C\C/C=C\CCCCC(=O)OC[C@H](COC(=O)CCCCCCCCCCCCCCCCCCCCC)OC(=O)CCCCCCCCCCC/C=C\C/C=C\CCCCC. The number of carbonyl (C=O) groups is 3. The van der Waals surface area contributed by atoms with Crippen molar-refractivity contribution >= 4 is 17.9 Å². The molecule has 0 heterocycles. The molecule has 0 bridgehead atoms. The van der Waals surface area contributed by atoms with Crippen LogP contribution in [0.3, 0.4) is 0 Å². The highest BCUT2D eigenvalue weighted by Gasteiger charge is 2.19. The summed E-state index contributed by atoms with van der Waals surface area (Å²) >= 11 is 0. The standard InChI is InChI=1S/C65H116O6/c1-4-7-10-13-16-19-22-25-28-30-32-34-37-40-43-46-49-52-55-58-64(67)70-61-62(60-69-63(66)57-54-51-48-45-42-39-36-27-24-21-18-15-12-9-6-3)71-65(68)59-56-53-50-47-44-41-38-35-33-31-29-26-23-20-17-14-11-8-5-2/h17-18,20-21,26-27,29,36,42,45,62H,4-16,19,22-25,28,30-35,37-41,43-44,46-61H2,1-3H3/b20-17-,21-18-,29-26-,36-27-,45-42-/t62-/m1/s1. The minimum absolute atomic E-state index is 0.0850. The fourth-order valence-electron chi connectivity index (χ4n) is 8.83. The van der Waals surface area contributed by atoms with Crippen LogP contribution in [0.25, 0.3) is 0 Å². The molecule has 0 radical (unpaired) electrons. The van der Waals surface area contributed by atoms with Gasteiger partial charge in [-0.05, 0) is 89.9 Å². The van der Waals surface area contributed by atoms with E-state index in [1.54, 1.807) is 0 Å². The average molecular weight is 994 g/mol. The highest BCUT2D eigenvalue weighted by molar-refractivity contribution is 5.71. The van der Waals surface area contributed by atoms with Crippen LogP contribution in [0.1, 0.15) is 316 Å². The van der Waals surface area contributed by atoms with Crippen LogP contribution in [0.2, 0.25) is 0 Å². The lowest BCUT2D eigenvalue weighted by Gasteiger charge is -2.18. The van der Waals surface area contributed by atoms with E-state index in [1.807, 2.05) is 0 Å². The predicted molar refractivity (Wildman–Crippen MR) is 307 cm³/mol. The van der Waals surface area contributed by atoms with E-state index in [0.717, 1.165) is 77.0 Å². The van der Waals surface area contributed by atoms with E-state index in [-0.39, 0.29) is 31.1 Å². The molecule has 0 saturated carbocycles. The normalized spacial score (nSPS) is 12.4. The smallest absolute Gasteiger partial charge is 0.306 e. The molecule has 71 heavy (non-hydrogen) atoms. The molecule has 6 heteroatoms. The summed E-state index contributed by atoms with van der Waals surface area (Å²) in [6.07, 6.45) is 75.0. The third-order valence-electron chi connectivity index (χ3n) is 13.5. The number of hydrogen-bond acceptors (Lipinski definition) is 6. The van der Waals surface area contributed by atoms with Crippen LogP contribution in [-0.4, -0.2) is 37.2 Å². The van der Waals surface area contributed by atoms with E-state index in [2.05, 4.69) is 81.5 Å². The second kappa shape index (κ2) is 59.7. The van der Waals surface area contributed by atoms with Gasteiger partial charge in [0.1, 0.15) is 13.2 Å². The number of rotatable bonds is 56. The van der Waals surface area contributed by atoms with E-state index in [4.69, 9.17) is 14.2 Å². The molecule has 0 aliphatic carbocycles. The van der Waals surface area contributed by atoms with E-state index < -0.39 is 6.10 Å². The topological polar surface area (TPSA) is 78.9 Å². The Morgan fingerprint density at radius 1 is 0.282 bits per heavy atom. The second-order valence-electron chi connectivity index (χ2n) is 20.6. The molecular formula is C65H116O6. The minimum atomic E-state index is -0.791. The Balaban J connectivity index is 4.39. The van der Waals surface area contributed by atoms with Crippen LogP contribution in [0.15, 0.2) is 60.8 Å². The van der Waals surface area contributed by atoms with E-state index >= 15 is 0 Å². The van der Waals surface area contributed by atoms with Gasteiger partial charge in [-0.25, -0.2) is 0 Å². The van der Waals surface area contributed by atoms with E-state index in [0.29, 0.717) is 19.3 Å². The minimum Gasteiger partial charge on any atom is -0.462 e. The molecule has 0 fully saturated rings. The van der Waals surface area contributed by atoms with Gasteiger partial charge in [0.2, 0.25) is 0 Å². The fraction of sp³-hybridized carbons (Fsp3) is 0.800. The van der Waals surface area contributed by atoms with Crippen molar-refractivity contribution in [1.82, 2.24) is 0 Å². The molecule has 0 unspecified atom stereocenters. The van der Waals surface area contributed by atoms with Crippen molar-refractivity contribution in [2.45, 2.75) is 322 Å². The van der Waals surface area contributed by atoms with Gasteiger partial charge in [-0.2, -0.15) is 0 Å². The summed E-state index contributed by atoms with van der Waals surface area (Å²) in [5.74, 6) is -0.913. The molecule has 0 aromatic heterocycles. The van der Waals surface area contributed by atoms with Gasteiger partial charge in [0, 0.05) is 19.3 Å². The van der Waals surface area contributed by atoms with E-state index in [9.17, 15) is 14.4 Å². The molecule has 0 aromatic rings. The molecular weight excluding hydrogens is 877 g/mol. The van der Waals surface area contributed by atoms with Crippen molar-refractivity contribution in [2.75, 3.05) is 13.2 Å². The average Bonchev–Trinajstić information content (AvgIpc) is 3.37. The zero-order valence-corrected chi connectivity index (χ0v) is 47.2. The van der Waals surface area contributed by atoms with Gasteiger partial charge in [0.15, 0.2) is 6.10 Å². The molecule has 0 spiro atoms. The van der Waals surface area contributed by atoms with Crippen LogP contribution in [-0.2, 0) is 28.6 Å². The number of hydrogen-bond donors (Lipinski definition) is 0. The third-order valence-corrected chi connectivity index (χ3v) is 13.5. The summed E-state index contributed by atoms with van der Waals surface area (Å²) in [5, 5.41) is 0. The summed E-state index contributed by atoms with van der Waals surface area (Å²) in [7, 11) is 0.